The van der Waals surface area contributed by atoms with Crippen LogP contribution in [0.5, 0.6) is 0 Å². The predicted molar refractivity (Wildman–Crippen MR) is 94.5 cm³/mol. The van der Waals surface area contributed by atoms with Gasteiger partial charge in [-0.15, -0.1) is 0 Å². The van der Waals surface area contributed by atoms with Crippen LogP contribution in [0.15, 0.2) is 23.8 Å². The molecular formula is C22H30O2. The molecule has 0 bridgehead atoms. The van der Waals surface area contributed by atoms with Crippen molar-refractivity contribution in [2.24, 2.45) is 29.1 Å². The Bertz CT molecular complexity index is 632. The molecule has 2 nitrogen and oxygen atoms in total. The van der Waals surface area contributed by atoms with Gasteiger partial charge in [-0.1, -0.05) is 19.1 Å². The molecule has 0 aromatic carbocycles. The lowest BCUT2D eigenvalue weighted by Crippen LogP contribution is -2.53. The van der Waals surface area contributed by atoms with E-state index in [0.717, 1.165) is 43.6 Å². The predicted octanol–water partition coefficient (Wildman–Crippen LogP) is 4.84. The molecule has 1 heterocycles. The summed E-state index contributed by atoms with van der Waals surface area (Å²) in [5.41, 5.74) is 3.16. The highest BCUT2D eigenvalue weighted by Gasteiger charge is 2.65. The number of hydrogen-bond donors (Lipinski definition) is 0. The largest absolute Gasteiger partial charge is 0.370 e. The Balaban J connectivity index is 1.48. The van der Waals surface area contributed by atoms with Gasteiger partial charge in [0.1, 0.15) is 0 Å². The van der Waals surface area contributed by atoms with Crippen LogP contribution in [0.25, 0.3) is 0 Å². The molecule has 5 rings (SSSR count). The van der Waals surface area contributed by atoms with Crippen LogP contribution in [-0.4, -0.2) is 18.0 Å². The summed E-state index contributed by atoms with van der Waals surface area (Å²) in [4.78, 5) is 11.8. The highest BCUT2D eigenvalue weighted by Crippen LogP contribution is 2.68. The Labute approximate surface area is 145 Å². The van der Waals surface area contributed by atoms with E-state index >= 15 is 0 Å². The van der Waals surface area contributed by atoms with Crippen LogP contribution in [0.2, 0.25) is 0 Å². The first kappa shape index (κ1) is 15.4. The van der Waals surface area contributed by atoms with E-state index in [0.29, 0.717) is 17.1 Å². The molecular weight excluding hydrogens is 296 g/mol. The third-order valence-corrected chi connectivity index (χ3v) is 8.74. The van der Waals surface area contributed by atoms with Gasteiger partial charge < -0.3 is 4.74 Å². The number of allylic oxidation sites excluding steroid dienone is 1. The van der Waals surface area contributed by atoms with Crippen molar-refractivity contribution >= 4 is 5.78 Å². The number of ether oxygens (including phenoxy) is 1. The Morgan fingerprint density at radius 3 is 2.75 bits per heavy atom. The lowest BCUT2D eigenvalue weighted by Gasteiger charge is -2.56. The number of carbonyl (C=O) groups is 1. The molecule has 2 heteroatoms. The van der Waals surface area contributed by atoms with E-state index in [2.05, 4.69) is 13.5 Å². The molecule has 24 heavy (non-hydrogen) atoms. The van der Waals surface area contributed by atoms with Gasteiger partial charge in [0.15, 0.2) is 5.78 Å². The zero-order valence-corrected chi connectivity index (χ0v) is 15.0. The average molecular weight is 326 g/mol. The third-order valence-electron chi connectivity index (χ3n) is 8.74. The van der Waals surface area contributed by atoms with Crippen LogP contribution in [-0.2, 0) is 9.53 Å². The van der Waals surface area contributed by atoms with Gasteiger partial charge in [-0.3, -0.25) is 4.79 Å². The van der Waals surface area contributed by atoms with Gasteiger partial charge in [-0.05, 0) is 86.7 Å². The van der Waals surface area contributed by atoms with Crippen LogP contribution in [0.3, 0.4) is 0 Å². The fraction of sp³-hybridized carbons (Fsp3) is 0.773. The number of hydrogen-bond acceptors (Lipinski definition) is 2. The third kappa shape index (κ3) is 1.79. The van der Waals surface area contributed by atoms with Gasteiger partial charge in [0.2, 0.25) is 0 Å². The average Bonchev–Trinajstić information content (AvgIpc) is 3.09. The van der Waals surface area contributed by atoms with Crippen molar-refractivity contribution in [2.45, 2.75) is 70.3 Å². The number of ketones is 1. The smallest absolute Gasteiger partial charge is 0.155 e. The minimum absolute atomic E-state index is 0.0126. The van der Waals surface area contributed by atoms with Crippen LogP contribution >= 0.6 is 0 Å². The number of carbonyl (C=O) groups excluding carboxylic acids is 1. The highest BCUT2D eigenvalue weighted by molar-refractivity contribution is 5.91. The Kier molecular flexibility index (Phi) is 3.24. The summed E-state index contributed by atoms with van der Waals surface area (Å²) in [7, 11) is 0. The molecule has 0 N–H and O–H groups in total. The molecule has 0 radical (unpaired) electrons. The van der Waals surface area contributed by atoms with Gasteiger partial charge in [0, 0.05) is 11.8 Å². The van der Waals surface area contributed by atoms with Crippen molar-refractivity contribution in [2.75, 3.05) is 6.61 Å². The fourth-order valence-corrected chi connectivity index (χ4v) is 7.65. The van der Waals surface area contributed by atoms with Gasteiger partial charge in [-0.25, -0.2) is 0 Å². The summed E-state index contributed by atoms with van der Waals surface area (Å²) in [6, 6.07) is 0. The van der Waals surface area contributed by atoms with Crippen LogP contribution in [0.1, 0.15) is 64.7 Å². The van der Waals surface area contributed by atoms with E-state index in [1.54, 1.807) is 0 Å². The first-order valence-electron chi connectivity index (χ1n) is 10.1. The van der Waals surface area contributed by atoms with Crippen LogP contribution in [0.4, 0.5) is 0 Å². The molecule has 1 spiro atoms. The van der Waals surface area contributed by atoms with Gasteiger partial charge in [-0.2, -0.15) is 0 Å². The monoisotopic (exact) mass is 326 g/mol. The second kappa shape index (κ2) is 5.06. The molecule has 1 saturated heterocycles. The molecule has 0 aromatic rings. The van der Waals surface area contributed by atoms with Crippen LogP contribution in [0, 0.1) is 29.1 Å². The van der Waals surface area contributed by atoms with Crippen molar-refractivity contribution in [3.63, 3.8) is 0 Å². The topological polar surface area (TPSA) is 26.3 Å². The van der Waals surface area contributed by atoms with E-state index in [1.807, 2.05) is 6.08 Å². The highest BCUT2D eigenvalue weighted by atomic mass is 16.5. The first-order valence-corrected chi connectivity index (χ1v) is 10.1. The van der Waals surface area contributed by atoms with E-state index in [-0.39, 0.29) is 5.60 Å². The van der Waals surface area contributed by atoms with E-state index in [1.165, 1.54) is 49.7 Å². The molecule has 0 amide bonds. The summed E-state index contributed by atoms with van der Waals surface area (Å²) in [5.74, 6) is 3.54. The zero-order chi connectivity index (χ0) is 16.5. The minimum atomic E-state index is -0.0126. The maximum Gasteiger partial charge on any atom is 0.155 e. The van der Waals surface area contributed by atoms with Gasteiger partial charge >= 0.3 is 0 Å². The first-order chi connectivity index (χ1) is 11.6. The van der Waals surface area contributed by atoms with Crippen molar-refractivity contribution in [3.05, 3.63) is 23.8 Å². The minimum Gasteiger partial charge on any atom is -0.370 e. The van der Waals surface area contributed by atoms with Crippen LogP contribution < -0.4 is 0 Å². The normalized spacial score (nSPS) is 50.5. The summed E-state index contributed by atoms with van der Waals surface area (Å²) in [6.45, 7) is 7.83. The molecule has 6 atom stereocenters. The maximum absolute atomic E-state index is 11.8. The standard InChI is InChI=1S/C22H30O2/c1-14-9-12-24-22(14)11-8-20-19-5-3-15-13-16(23)4-6-17(15)18(19)7-10-21(20,22)2/h13,17-20H,1,3-12H2,2H3/t17-,18+,19+,20-,21-,22+/m0/s1. The molecule has 0 aromatic heterocycles. The Morgan fingerprint density at radius 2 is 1.96 bits per heavy atom. The van der Waals surface area contributed by atoms with E-state index in [9.17, 15) is 4.79 Å². The second-order valence-electron chi connectivity index (χ2n) is 9.33. The van der Waals surface area contributed by atoms with Crippen molar-refractivity contribution < 1.29 is 9.53 Å². The summed E-state index contributed by atoms with van der Waals surface area (Å²) in [6.07, 6.45) is 12.6. The molecule has 4 aliphatic carbocycles. The van der Waals surface area contributed by atoms with Crippen molar-refractivity contribution in [1.82, 2.24) is 0 Å². The molecule has 4 fully saturated rings. The molecule has 5 aliphatic rings. The maximum atomic E-state index is 11.8. The number of fused-ring (bicyclic) bond motifs is 6. The van der Waals surface area contributed by atoms with Gasteiger partial charge in [0.25, 0.3) is 0 Å². The summed E-state index contributed by atoms with van der Waals surface area (Å²) < 4.78 is 6.43. The lowest BCUT2D eigenvalue weighted by atomic mass is 9.50. The van der Waals surface area contributed by atoms with Crippen molar-refractivity contribution in [1.29, 1.82) is 0 Å². The molecule has 1 aliphatic heterocycles. The zero-order valence-electron chi connectivity index (χ0n) is 15.0. The molecule has 3 saturated carbocycles. The number of rotatable bonds is 0. The SMILES string of the molecule is C=C1CCO[C@]12CC[C@H]1[C@@H]3CCC4=CC(=O)CC[C@@H]4[C@H]3CC[C@@]12C. The van der Waals surface area contributed by atoms with Gasteiger partial charge in [0.05, 0.1) is 12.2 Å². The summed E-state index contributed by atoms with van der Waals surface area (Å²) >= 11 is 0. The Hall–Kier alpha value is -0.890. The second-order valence-corrected chi connectivity index (χ2v) is 9.33. The summed E-state index contributed by atoms with van der Waals surface area (Å²) in [5, 5.41) is 0. The quantitative estimate of drug-likeness (QED) is 0.595. The van der Waals surface area contributed by atoms with E-state index in [4.69, 9.17) is 4.74 Å². The van der Waals surface area contributed by atoms with E-state index < -0.39 is 0 Å². The Morgan fingerprint density at radius 1 is 1.08 bits per heavy atom. The molecule has 0 unspecified atom stereocenters. The molecule has 130 valence electrons. The lowest BCUT2D eigenvalue weighted by molar-refractivity contribution is -0.118. The fourth-order valence-electron chi connectivity index (χ4n) is 7.65. The van der Waals surface area contributed by atoms with Crippen molar-refractivity contribution in [3.8, 4) is 0 Å².